The molecular formula is C14H30N2. The lowest BCUT2D eigenvalue weighted by atomic mass is 9.84. The molecule has 96 valence electrons. The van der Waals surface area contributed by atoms with Crippen LogP contribution in [0.25, 0.3) is 0 Å². The highest BCUT2D eigenvalue weighted by Gasteiger charge is 2.34. The number of nitrogens with zero attached hydrogens (tertiary/aromatic N) is 1. The third kappa shape index (κ3) is 3.46. The molecule has 0 aromatic carbocycles. The molecule has 1 aliphatic heterocycles. The number of nitrogens with two attached hydrogens (primary N) is 1. The molecule has 0 spiro atoms. The zero-order valence-corrected chi connectivity index (χ0v) is 11.6. The second-order valence-corrected chi connectivity index (χ2v) is 6.06. The van der Waals surface area contributed by atoms with Crippen LogP contribution in [0.5, 0.6) is 0 Å². The van der Waals surface area contributed by atoms with Crippen LogP contribution in [0.15, 0.2) is 0 Å². The van der Waals surface area contributed by atoms with Crippen molar-refractivity contribution < 1.29 is 0 Å². The van der Waals surface area contributed by atoms with Crippen molar-refractivity contribution in [1.82, 2.24) is 4.90 Å². The quantitative estimate of drug-likeness (QED) is 0.781. The first-order valence-electron chi connectivity index (χ1n) is 6.99. The van der Waals surface area contributed by atoms with Gasteiger partial charge in [-0.15, -0.1) is 0 Å². The number of piperidine rings is 1. The van der Waals surface area contributed by atoms with Crippen molar-refractivity contribution in [2.45, 2.75) is 71.4 Å². The lowest BCUT2D eigenvalue weighted by Gasteiger charge is -2.45. The molecule has 0 amide bonds. The molecule has 1 aliphatic rings. The van der Waals surface area contributed by atoms with Gasteiger partial charge < -0.3 is 5.73 Å². The number of rotatable bonds is 5. The Morgan fingerprint density at radius 2 is 1.75 bits per heavy atom. The summed E-state index contributed by atoms with van der Waals surface area (Å²) in [6.45, 7) is 11.7. The van der Waals surface area contributed by atoms with Crippen LogP contribution in [-0.4, -0.2) is 29.6 Å². The smallest absolute Gasteiger partial charge is 0.0304 e. The topological polar surface area (TPSA) is 29.3 Å². The van der Waals surface area contributed by atoms with E-state index in [1.165, 1.54) is 38.8 Å². The van der Waals surface area contributed by atoms with Gasteiger partial charge in [-0.3, -0.25) is 4.90 Å². The van der Waals surface area contributed by atoms with E-state index in [0.717, 1.165) is 12.3 Å². The predicted molar refractivity (Wildman–Crippen MR) is 71.6 cm³/mol. The van der Waals surface area contributed by atoms with Crippen LogP contribution in [0.3, 0.4) is 0 Å². The average Bonchev–Trinajstić information content (AvgIpc) is 2.29. The normalized spacial score (nSPS) is 23.1. The molecule has 2 heteroatoms. The van der Waals surface area contributed by atoms with Gasteiger partial charge >= 0.3 is 0 Å². The highest BCUT2D eigenvalue weighted by Crippen LogP contribution is 2.26. The third-order valence-corrected chi connectivity index (χ3v) is 4.43. The van der Waals surface area contributed by atoms with Crippen molar-refractivity contribution >= 4 is 0 Å². The zero-order valence-electron chi connectivity index (χ0n) is 11.6. The summed E-state index contributed by atoms with van der Waals surface area (Å²) in [6.07, 6.45) is 6.48. The van der Waals surface area contributed by atoms with Gasteiger partial charge in [0, 0.05) is 11.6 Å². The van der Waals surface area contributed by atoms with E-state index < -0.39 is 0 Å². The van der Waals surface area contributed by atoms with Crippen molar-refractivity contribution in [2.24, 2.45) is 11.7 Å². The molecule has 2 atom stereocenters. The van der Waals surface area contributed by atoms with Crippen LogP contribution in [0.1, 0.15) is 59.8 Å². The van der Waals surface area contributed by atoms with Gasteiger partial charge in [-0.2, -0.15) is 0 Å². The third-order valence-electron chi connectivity index (χ3n) is 4.43. The van der Waals surface area contributed by atoms with Crippen molar-refractivity contribution in [1.29, 1.82) is 0 Å². The summed E-state index contributed by atoms with van der Waals surface area (Å²) in [5.74, 6) is 0.749. The van der Waals surface area contributed by atoms with Crippen LogP contribution in [0.4, 0.5) is 0 Å². The molecule has 0 bridgehead atoms. The molecule has 0 aliphatic carbocycles. The number of hydrogen-bond donors (Lipinski definition) is 1. The average molecular weight is 226 g/mol. The minimum absolute atomic E-state index is 0.170. The summed E-state index contributed by atoms with van der Waals surface area (Å²) in [5, 5.41) is 0. The Morgan fingerprint density at radius 3 is 2.25 bits per heavy atom. The van der Waals surface area contributed by atoms with E-state index in [1.807, 2.05) is 0 Å². The lowest BCUT2D eigenvalue weighted by Crippen LogP contribution is -2.57. The molecule has 0 saturated carbocycles. The Kier molecular flexibility index (Phi) is 5.26. The minimum Gasteiger partial charge on any atom is -0.326 e. The van der Waals surface area contributed by atoms with Crippen molar-refractivity contribution in [3.05, 3.63) is 0 Å². The number of likely N-dealkylation sites (tertiary alicyclic amines) is 1. The first-order valence-corrected chi connectivity index (χ1v) is 6.99. The van der Waals surface area contributed by atoms with E-state index in [4.69, 9.17) is 5.73 Å². The van der Waals surface area contributed by atoms with E-state index in [1.54, 1.807) is 0 Å². The molecule has 1 heterocycles. The van der Waals surface area contributed by atoms with Crippen molar-refractivity contribution in [3.63, 3.8) is 0 Å². The molecule has 2 nitrogen and oxygen atoms in total. The molecule has 1 rings (SSSR count). The molecule has 2 unspecified atom stereocenters. The summed E-state index contributed by atoms with van der Waals surface area (Å²) in [7, 11) is 0. The maximum Gasteiger partial charge on any atom is 0.0304 e. The maximum atomic E-state index is 6.42. The zero-order chi connectivity index (χ0) is 12.2. The van der Waals surface area contributed by atoms with Crippen molar-refractivity contribution in [3.8, 4) is 0 Å². The Balaban J connectivity index is 2.52. The second-order valence-electron chi connectivity index (χ2n) is 6.06. The summed E-state index contributed by atoms with van der Waals surface area (Å²) < 4.78 is 0. The highest BCUT2D eigenvalue weighted by atomic mass is 15.2. The van der Waals surface area contributed by atoms with Gasteiger partial charge in [0.15, 0.2) is 0 Å². The first-order chi connectivity index (χ1) is 7.48. The maximum absolute atomic E-state index is 6.42. The van der Waals surface area contributed by atoms with Crippen LogP contribution in [0, 0.1) is 5.92 Å². The number of hydrogen-bond acceptors (Lipinski definition) is 2. The Bertz CT molecular complexity index is 195. The van der Waals surface area contributed by atoms with E-state index in [0.29, 0.717) is 6.04 Å². The summed E-state index contributed by atoms with van der Waals surface area (Å²) in [4.78, 5) is 2.60. The van der Waals surface area contributed by atoms with Gasteiger partial charge in [0.25, 0.3) is 0 Å². The second kappa shape index (κ2) is 6.02. The fourth-order valence-corrected chi connectivity index (χ4v) is 2.59. The molecule has 1 saturated heterocycles. The predicted octanol–water partition coefficient (Wildman–Crippen LogP) is 3.01. The standard InChI is InChI=1S/C14H30N2/c1-5-12(2)11-13(15)14(3,4)16-9-7-6-8-10-16/h12-13H,5-11,15H2,1-4H3. The van der Waals surface area contributed by atoms with Gasteiger partial charge in [0.05, 0.1) is 0 Å². The monoisotopic (exact) mass is 226 g/mol. The molecule has 1 fully saturated rings. The van der Waals surface area contributed by atoms with Gasteiger partial charge in [-0.05, 0) is 52.1 Å². The summed E-state index contributed by atoms with van der Waals surface area (Å²) >= 11 is 0. The van der Waals surface area contributed by atoms with Crippen LogP contribution >= 0.6 is 0 Å². The summed E-state index contributed by atoms with van der Waals surface area (Å²) in [6, 6.07) is 0.306. The fourth-order valence-electron chi connectivity index (χ4n) is 2.59. The van der Waals surface area contributed by atoms with E-state index in [9.17, 15) is 0 Å². The minimum atomic E-state index is 0.170. The van der Waals surface area contributed by atoms with Crippen LogP contribution < -0.4 is 5.73 Å². The largest absolute Gasteiger partial charge is 0.326 e. The van der Waals surface area contributed by atoms with E-state index in [-0.39, 0.29) is 5.54 Å². The van der Waals surface area contributed by atoms with Crippen molar-refractivity contribution in [2.75, 3.05) is 13.1 Å². The molecule has 0 aromatic heterocycles. The first kappa shape index (κ1) is 14.0. The summed E-state index contributed by atoms with van der Waals surface area (Å²) in [5.41, 5.74) is 6.59. The highest BCUT2D eigenvalue weighted by molar-refractivity contribution is 4.93. The Hall–Kier alpha value is -0.0800. The molecule has 0 aromatic rings. The SMILES string of the molecule is CCC(C)CC(N)C(C)(C)N1CCCCC1. The Labute approximate surface area is 102 Å². The van der Waals surface area contributed by atoms with E-state index in [2.05, 4.69) is 32.6 Å². The molecular weight excluding hydrogens is 196 g/mol. The van der Waals surface area contributed by atoms with Gasteiger partial charge in [0.2, 0.25) is 0 Å². The van der Waals surface area contributed by atoms with E-state index >= 15 is 0 Å². The van der Waals surface area contributed by atoms with Gasteiger partial charge in [-0.25, -0.2) is 0 Å². The molecule has 2 N–H and O–H groups in total. The Morgan fingerprint density at radius 1 is 1.19 bits per heavy atom. The lowest BCUT2D eigenvalue weighted by molar-refractivity contribution is 0.0660. The van der Waals surface area contributed by atoms with Gasteiger partial charge in [0.1, 0.15) is 0 Å². The fraction of sp³-hybridized carbons (Fsp3) is 1.00. The molecule has 0 radical (unpaired) electrons. The molecule has 16 heavy (non-hydrogen) atoms. The van der Waals surface area contributed by atoms with Crippen LogP contribution in [0.2, 0.25) is 0 Å². The van der Waals surface area contributed by atoms with Gasteiger partial charge in [-0.1, -0.05) is 26.7 Å². The van der Waals surface area contributed by atoms with Crippen LogP contribution in [-0.2, 0) is 0 Å².